The van der Waals surface area contributed by atoms with E-state index in [4.69, 9.17) is 5.73 Å². The maximum absolute atomic E-state index is 12.2. The molecule has 0 saturated carbocycles. The number of fused-ring (bicyclic) bond motifs is 1. The number of carbonyl (C=O) groups excluding carboxylic acids is 1. The number of benzene rings is 2. The number of amides is 1. The third-order valence-electron chi connectivity index (χ3n) is 3.42. The molecule has 112 valence electrons. The Hall–Kier alpha value is -2.18. The number of nitrogens with two attached hydrogens (primary N) is 1. The molecule has 3 rings (SSSR count). The normalized spacial score (nSPS) is 12.3. The van der Waals surface area contributed by atoms with Crippen LogP contribution in [0.1, 0.15) is 5.56 Å². The smallest absolute Gasteiger partial charge is 0.241 e. The summed E-state index contributed by atoms with van der Waals surface area (Å²) in [6.45, 7) is 0. The van der Waals surface area contributed by atoms with Crippen LogP contribution in [0.15, 0.2) is 53.1 Å². The molecule has 0 radical (unpaired) electrons. The van der Waals surface area contributed by atoms with Crippen molar-refractivity contribution < 1.29 is 4.79 Å². The van der Waals surface area contributed by atoms with Crippen LogP contribution in [-0.4, -0.2) is 22.1 Å². The first-order valence-electron chi connectivity index (χ1n) is 6.86. The highest BCUT2D eigenvalue weighted by Gasteiger charge is 2.14. The Morgan fingerprint density at radius 3 is 2.82 bits per heavy atom. The van der Waals surface area contributed by atoms with Crippen molar-refractivity contribution in [3.63, 3.8) is 0 Å². The first kappa shape index (κ1) is 14.7. The molecule has 6 heteroatoms. The van der Waals surface area contributed by atoms with E-state index in [0.717, 1.165) is 20.9 Å². The summed E-state index contributed by atoms with van der Waals surface area (Å²) < 4.78 is 1.00. The van der Waals surface area contributed by atoms with Crippen molar-refractivity contribution in [2.75, 3.05) is 5.32 Å². The zero-order valence-corrected chi connectivity index (χ0v) is 13.3. The van der Waals surface area contributed by atoms with Crippen molar-refractivity contribution in [1.82, 2.24) is 10.2 Å². The van der Waals surface area contributed by atoms with Crippen LogP contribution >= 0.6 is 15.9 Å². The van der Waals surface area contributed by atoms with Crippen molar-refractivity contribution in [2.45, 2.75) is 12.5 Å². The molecule has 4 N–H and O–H groups in total. The molecule has 0 saturated heterocycles. The van der Waals surface area contributed by atoms with Crippen LogP contribution in [0.2, 0.25) is 0 Å². The molecular weight excluding hydrogens is 344 g/mol. The lowest BCUT2D eigenvalue weighted by molar-refractivity contribution is -0.117. The predicted octanol–water partition coefficient (Wildman–Crippen LogP) is 2.83. The summed E-state index contributed by atoms with van der Waals surface area (Å²) in [4.78, 5) is 12.2. The summed E-state index contributed by atoms with van der Waals surface area (Å²) in [5.74, 6) is -0.207. The minimum Gasteiger partial charge on any atom is -0.325 e. The van der Waals surface area contributed by atoms with E-state index < -0.39 is 6.04 Å². The summed E-state index contributed by atoms with van der Waals surface area (Å²) in [6.07, 6.45) is 2.23. The van der Waals surface area contributed by atoms with Gasteiger partial charge >= 0.3 is 0 Å². The lowest BCUT2D eigenvalue weighted by Crippen LogP contribution is -2.37. The molecule has 3 aromatic rings. The van der Waals surface area contributed by atoms with E-state index in [-0.39, 0.29) is 5.91 Å². The molecule has 0 aliphatic heterocycles. The first-order valence-corrected chi connectivity index (χ1v) is 7.65. The highest BCUT2D eigenvalue weighted by atomic mass is 79.9. The number of nitrogens with one attached hydrogen (secondary N) is 2. The van der Waals surface area contributed by atoms with Gasteiger partial charge in [0.2, 0.25) is 5.91 Å². The minimum atomic E-state index is -0.598. The van der Waals surface area contributed by atoms with Gasteiger partial charge in [-0.15, -0.1) is 0 Å². The third kappa shape index (κ3) is 3.35. The monoisotopic (exact) mass is 358 g/mol. The lowest BCUT2D eigenvalue weighted by Gasteiger charge is -2.12. The van der Waals surface area contributed by atoms with Gasteiger partial charge < -0.3 is 11.1 Å². The molecule has 22 heavy (non-hydrogen) atoms. The third-order valence-corrected chi connectivity index (χ3v) is 3.94. The summed E-state index contributed by atoms with van der Waals surface area (Å²) in [5, 5.41) is 10.7. The Morgan fingerprint density at radius 1 is 1.27 bits per heavy atom. The highest BCUT2D eigenvalue weighted by molar-refractivity contribution is 9.10. The van der Waals surface area contributed by atoms with E-state index in [1.54, 1.807) is 6.20 Å². The van der Waals surface area contributed by atoms with Crippen molar-refractivity contribution in [2.24, 2.45) is 5.73 Å². The molecular formula is C16H15BrN4O. The van der Waals surface area contributed by atoms with Crippen LogP contribution in [-0.2, 0) is 11.2 Å². The zero-order valence-electron chi connectivity index (χ0n) is 11.7. The second-order valence-electron chi connectivity index (χ2n) is 5.10. The topological polar surface area (TPSA) is 83.8 Å². The summed E-state index contributed by atoms with van der Waals surface area (Å²) in [7, 11) is 0. The number of halogens is 1. The van der Waals surface area contributed by atoms with Crippen molar-refractivity contribution in [3.8, 4) is 0 Å². The molecule has 1 atom stereocenters. The predicted molar refractivity (Wildman–Crippen MR) is 90.5 cm³/mol. The summed E-state index contributed by atoms with van der Waals surface area (Å²) in [5.41, 5.74) is 8.58. The van der Waals surface area contributed by atoms with Crippen LogP contribution in [0.25, 0.3) is 10.9 Å². The number of hydrogen-bond donors (Lipinski definition) is 3. The van der Waals surface area contributed by atoms with Crippen molar-refractivity contribution in [3.05, 3.63) is 58.7 Å². The van der Waals surface area contributed by atoms with Crippen LogP contribution in [0.3, 0.4) is 0 Å². The van der Waals surface area contributed by atoms with Gasteiger partial charge in [0.1, 0.15) is 0 Å². The minimum absolute atomic E-state index is 0.207. The Bertz CT molecular complexity index is 797. The number of rotatable bonds is 4. The van der Waals surface area contributed by atoms with Gasteiger partial charge in [-0.05, 0) is 42.3 Å². The number of carbonyl (C=O) groups is 1. The van der Waals surface area contributed by atoms with E-state index in [1.807, 2.05) is 42.5 Å². The Labute approximate surface area is 136 Å². The fraction of sp³-hybridized carbons (Fsp3) is 0.125. The Morgan fingerprint density at radius 2 is 2.05 bits per heavy atom. The SMILES string of the molecule is N[C@@H](Cc1ccc(Br)cc1)C(=O)Nc1ccc2cn[nH]c2c1. The Balaban J connectivity index is 1.66. The second-order valence-corrected chi connectivity index (χ2v) is 6.01. The molecule has 0 aliphatic rings. The fourth-order valence-electron chi connectivity index (χ4n) is 2.22. The van der Waals surface area contributed by atoms with Gasteiger partial charge in [-0.3, -0.25) is 9.89 Å². The van der Waals surface area contributed by atoms with Crippen molar-refractivity contribution >= 4 is 38.4 Å². The number of hydrogen-bond acceptors (Lipinski definition) is 3. The highest BCUT2D eigenvalue weighted by Crippen LogP contribution is 2.17. The number of nitrogens with zero attached hydrogens (tertiary/aromatic N) is 1. The van der Waals surface area contributed by atoms with E-state index in [0.29, 0.717) is 12.1 Å². The quantitative estimate of drug-likeness (QED) is 0.670. The molecule has 0 spiro atoms. The molecule has 0 aliphatic carbocycles. The van der Waals surface area contributed by atoms with E-state index in [1.165, 1.54) is 0 Å². The van der Waals surface area contributed by atoms with Crippen LogP contribution in [0.5, 0.6) is 0 Å². The van der Waals surface area contributed by atoms with E-state index >= 15 is 0 Å². The van der Waals surface area contributed by atoms with Gasteiger partial charge in [-0.25, -0.2) is 0 Å². The van der Waals surface area contributed by atoms with Gasteiger partial charge in [-0.1, -0.05) is 28.1 Å². The fourth-order valence-corrected chi connectivity index (χ4v) is 2.48. The molecule has 5 nitrogen and oxygen atoms in total. The second kappa shape index (κ2) is 6.29. The maximum Gasteiger partial charge on any atom is 0.241 e. The summed E-state index contributed by atoms with van der Waals surface area (Å²) >= 11 is 3.38. The number of anilines is 1. The number of aromatic amines is 1. The van der Waals surface area contributed by atoms with Gasteiger partial charge in [0.25, 0.3) is 0 Å². The molecule has 1 amide bonds. The van der Waals surface area contributed by atoms with Gasteiger partial charge in [0, 0.05) is 15.5 Å². The molecule has 1 heterocycles. The largest absolute Gasteiger partial charge is 0.325 e. The molecule has 2 aromatic carbocycles. The molecule has 0 unspecified atom stereocenters. The van der Waals surface area contributed by atoms with Crippen molar-refractivity contribution in [1.29, 1.82) is 0 Å². The van der Waals surface area contributed by atoms with Crippen LogP contribution in [0, 0.1) is 0 Å². The first-order chi connectivity index (χ1) is 10.6. The zero-order chi connectivity index (χ0) is 15.5. The van der Waals surface area contributed by atoms with Gasteiger partial charge in [-0.2, -0.15) is 5.10 Å². The average molecular weight is 359 g/mol. The van der Waals surface area contributed by atoms with Crippen LogP contribution < -0.4 is 11.1 Å². The average Bonchev–Trinajstić information content (AvgIpc) is 2.97. The summed E-state index contributed by atoms with van der Waals surface area (Å²) in [6, 6.07) is 12.8. The number of aromatic nitrogens is 2. The molecule has 1 aromatic heterocycles. The van der Waals surface area contributed by atoms with E-state index in [9.17, 15) is 4.79 Å². The standard InChI is InChI=1S/C16H15BrN4O/c17-12-4-1-10(2-5-12)7-14(18)16(22)20-13-6-3-11-9-19-21-15(11)8-13/h1-6,8-9,14H,7,18H2,(H,19,21)(H,20,22)/t14-/m0/s1. The number of H-pyrrole nitrogens is 1. The van der Waals surface area contributed by atoms with Gasteiger partial charge in [0.05, 0.1) is 17.8 Å². The van der Waals surface area contributed by atoms with Gasteiger partial charge in [0.15, 0.2) is 0 Å². The molecule has 0 fully saturated rings. The van der Waals surface area contributed by atoms with Crippen LogP contribution in [0.4, 0.5) is 5.69 Å². The molecule has 0 bridgehead atoms. The maximum atomic E-state index is 12.2. The lowest BCUT2D eigenvalue weighted by atomic mass is 10.1. The Kier molecular flexibility index (Phi) is 4.22. The van der Waals surface area contributed by atoms with E-state index in [2.05, 4.69) is 31.4 Å².